The quantitative estimate of drug-likeness (QED) is 0.705. The molecule has 8 heteroatoms. The summed E-state index contributed by atoms with van der Waals surface area (Å²) in [6.45, 7) is 0.225. The number of methoxy groups -OCH3 is 1. The maximum Gasteiger partial charge on any atom is 0.417 e. The smallest absolute Gasteiger partial charge is 0.417 e. The van der Waals surface area contributed by atoms with Crippen LogP contribution >= 0.6 is 0 Å². The van der Waals surface area contributed by atoms with Gasteiger partial charge in [0.25, 0.3) is 0 Å². The molecule has 0 radical (unpaired) electrons. The van der Waals surface area contributed by atoms with E-state index in [0.717, 1.165) is 5.56 Å². The predicted octanol–water partition coefficient (Wildman–Crippen LogP) is 1.65. The summed E-state index contributed by atoms with van der Waals surface area (Å²) in [6, 6.07) is 11.6. The zero-order valence-electron chi connectivity index (χ0n) is 12.9. The summed E-state index contributed by atoms with van der Waals surface area (Å²) in [5.41, 5.74) is 1.57. The van der Waals surface area contributed by atoms with E-state index < -0.39 is 15.8 Å². The molecule has 24 heavy (non-hydrogen) atoms. The van der Waals surface area contributed by atoms with E-state index in [9.17, 15) is 13.2 Å². The molecule has 0 saturated carbocycles. The van der Waals surface area contributed by atoms with Crippen molar-refractivity contribution in [1.82, 2.24) is 9.71 Å². The van der Waals surface area contributed by atoms with Crippen LogP contribution in [0.3, 0.4) is 0 Å². The van der Waals surface area contributed by atoms with Crippen LogP contribution in [0.2, 0.25) is 0 Å². The number of ether oxygens (including phenoxy) is 1. The van der Waals surface area contributed by atoms with Gasteiger partial charge in [0, 0.05) is 6.54 Å². The Labute approximate surface area is 138 Å². The van der Waals surface area contributed by atoms with Crippen molar-refractivity contribution in [3.63, 3.8) is 0 Å². The van der Waals surface area contributed by atoms with Crippen LogP contribution in [0.4, 0.5) is 0 Å². The first kappa shape index (κ1) is 16.3. The largest absolute Gasteiger partial charge is 0.496 e. The second-order valence-corrected chi connectivity index (χ2v) is 6.90. The van der Waals surface area contributed by atoms with E-state index in [1.807, 2.05) is 24.3 Å². The number of aromatic nitrogens is 1. The Bertz CT molecular complexity index is 1020. The number of aromatic amines is 1. The lowest BCUT2D eigenvalue weighted by atomic mass is 10.1. The zero-order chi connectivity index (χ0) is 17.2. The Balaban J connectivity index is 1.74. The molecule has 0 fully saturated rings. The van der Waals surface area contributed by atoms with Crippen LogP contribution in [-0.4, -0.2) is 27.1 Å². The summed E-state index contributed by atoms with van der Waals surface area (Å²) in [6.07, 6.45) is 0.494. The standard InChI is InChI=1S/C16H16N2O5S/c1-22-14-5-3-2-4-11(14)8-9-17-24(20,21)12-6-7-15-13(10-12)18-16(19)23-15/h2-7,10,17H,8-9H2,1H3,(H,18,19). The van der Waals surface area contributed by atoms with Gasteiger partial charge in [-0.05, 0) is 36.2 Å². The van der Waals surface area contributed by atoms with Crippen LogP contribution < -0.4 is 15.2 Å². The summed E-state index contributed by atoms with van der Waals surface area (Å²) >= 11 is 0. The fraction of sp³-hybridized carbons (Fsp3) is 0.188. The molecule has 2 aromatic carbocycles. The van der Waals surface area contributed by atoms with Gasteiger partial charge in [-0.1, -0.05) is 18.2 Å². The van der Waals surface area contributed by atoms with Crippen molar-refractivity contribution in [3.8, 4) is 5.75 Å². The van der Waals surface area contributed by atoms with Gasteiger partial charge < -0.3 is 9.15 Å². The first-order valence-corrected chi connectivity index (χ1v) is 8.72. The van der Waals surface area contributed by atoms with E-state index >= 15 is 0 Å². The van der Waals surface area contributed by atoms with E-state index in [0.29, 0.717) is 23.3 Å². The van der Waals surface area contributed by atoms with Crippen molar-refractivity contribution >= 4 is 21.1 Å². The van der Waals surface area contributed by atoms with Gasteiger partial charge >= 0.3 is 5.76 Å². The maximum atomic E-state index is 12.4. The lowest BCUT2D eigenvalue weighted by Crippen LogP contribution is -2.26. The van der Waals surface area contributed by atoms with Gasteiger partial charge in [-0.2, -0.15) is 0 Å². The minimum absolute atomic E-state index is 0.0621. The number of benzene rings is 2. The Morgan fingerprint density at radius 2 is 2.00 bits per heavy atom. The molecule has 0 aliphatic heterocycles. The number of para-hydroxylation sites is 1. The second kappa shape index (κ2) is 6.50. The third kappa shape index (κ3) is 3.34. The molecular formula is C16H16N2O5S. The molecular weight excluding hydrogens is 332 g/mol. The highest BCUT2D eigenvalue weighted by molar-refractivity contribution is 7.89. The van der Waals surface area contributed by atoms with Gasteiger partial charge in [0.05, 0.1) is 17.5 Å². The monoisotopic (exact) mass is 348 g/mol. The van der Waals surface area contributed by atoms with E-state index in [2.05, 4.69) is 9.71 Å². The zero-order valence-corrected chi connectivity index (χ0v) is 13.7. The third-order valence-corrected chi connectivity index (χ3v) is 5.04. The summed E-state index contributed by atoms with van der Waals surface area (Å²) in [4.78, 5) is 13.6. The van der Waals surface area contributed by atoms with Crippen molar-refractivity contribution in [2.24, 2.45) is 0 Å². The van der Waals surface area contributed by atoms with Gasteiger partial charge in [0.2, 0.25) is 10.0 Å². The molecule has 3 rings (SSSR count). The predicted molar refractivity (Wildman–Crippen MR) is 88.7 cm³/mol. The van der Waals surface area contributed by atoms with Crippen molar-refractivity contribution in [2.75, 3.05) is 13.7 Å². The number of rotatable bonds is 6. The number of fused-ring (bicyclic) bond motifs is 1. The highest BCUT2D eigenvalue weighted by atomic mass is 32.2. The summed E-state index contributed by atoms with van der Waals surface area (Å²) in [7, 11) is -2.11. The van der Waals surface area contributed by atoms with Crippen molar-refractivity contribution < 1.29 is 17.6 Å². The van der Waals surface area contributed by atoms with Crippen LogP contribution in [-0.2, 0) is 16.4 Å². The van der Waals surface area contributed by atoms with Gasteiger partial charge in [-0.25, -0.2) is 17.9 Å². The third-order valence-electron chi connectivity index (χ3n) is 3.58. The van der Waals surface area contributed by atoms with Gasteiger partial charge in [-0.15, -0.1) is 0 Å². The number of hydrogen-bond acceptors (Lipinski definition) is 5. The van der Waals surface area contributed by atoms with Gasteiger partial charge in [-0.3, -0.25) is 4.98 Å². The van der Waals surface area contributed by atoms with E-state index in [4.69, 9.17) is 9.15 Å². The van der Waals surface area contributed by atoms with E-state index in [1.165, 1.54) is 18.2 Å². The van der Waals surface area contributed by atoms with Crippen LogP contribution in [0.25, 0.3) is 11.1 Å². The van der Waals surface area contributed by atoms with Crippen molar-refractivity contribution in [2.45, 2.75) is 11.3 Å². The van der Waals surface area contributed by atoms with E-state index in [-0.39, 0.29) is 11.4 Å². The first-order chi connectivity index (χ1) is 11.5. The van der Waals surface area contributed by atoms with Crippen molar-refractivity contribution in [3.05, 3.63) is 58.6 Å². The number of oxazole rings is 1. The van der Waals surface area contributed by atoms with Gasteiger partial charge in [0.1, 0.15) is 5.75 Å². The summed E-state index contributed by atoms with van der Waals surface area (Å²) < 4.78 is 37.4. The number of nitrogens with one attached hydrogen (secondary N) is 2. The molecule has 3 aromatic rings. The minimum atomic E-state index is -3.69. The highest BCUT2D eigenvalue weighted by Gasteiger charge is 2.15. The summed E-state index contributed by atoms with van der Waals surface area (Å²) in [5, 5.41) is 0. The lowest BCUT2D eigenvalue weighted by Gasteiger charge is -2.09. The topological polar surface area (TPSA) is 101 Å². The van der Waals surface area contributed by atoms with Crippen LogP contribution in [0.15, 0.2) is 56.6 Å². The molecule has 0 saturated heterocycles. The number of hydrogen-bond donors (Lipinski definition) is 2. The summed E-state index contributed by atoms with van der Waals surface area (Å²) in [5.74, 6) is 0.0952. The Morgan fingerprint density at radius 1 is 1.21 bits per heavy atom. The molecule has 1 heterocycles. The average Bonchev–Trinajstić information content (AvgIpc) is 2.94. The normalized spacial score (nSPS) is 11.7. The molecule has 0 atom stereocenters. The maximum absolute atomic E-state index is 12.4. The van der Waals surface area contributed by atoms with Crippen LogP contribution in [0, 0.1) is 0 Å². The SMILES string of the molecule is COc1ccccc1CCNS(=O)(=O)c1ccc2oc(=O)[nH]c2c1. The molecule has 0 unspecified atom stereocenters. The highest BCUT2D eigenvalue weighted by Crippen LogP contribution is 2.18. The fourth-order valence-corrected chi connectivity index (χ4v) is 3.47. The fourth-order valence-electron chi connectivity index (χ4n) is 2.41. The molecule has 0 aliphatic carbocycles. The van der Waals surface area contributed by atoms with Crippen LogP contribution in [0.1, 0.15) is 5.56 Å². The Kier molecular flexibility index (Phi) is 4.41. The Hall–Kier alpha value is -2.58. The number of H-pyrrole nitrogens is 1. The average molecular weight is 348 g/mol. The molecule has 1 aromatic heterocycles. The molecule has 0 amide bonds. The molecule has 0 aliphatic rings. The van der Waals surface area contributed by atoms with Gasteiger partial charge in [0.15, 0.2) is 5.58 Å². The second-order valence-electron chi connectivity index (χ2n) is 5.13. The number of sulfonamides is 1. The lowest BCUT2D eigenvalue weighted by molar-refractivity contribution is 0.409. The van der Waals surface area contributed by atoms with Crippen molar-refractivity contribution in [1.29, 1.82) is 0 Å². The molecule has 7 nitrogen and oxygen atoms in total. The van der Waals surface area contributed by atoms with Crippen LogP contribution in [0.5, 0.6) is 5.75 Å². The molecule has 2 N–H and O–H groups in total. The Morgan fingerprint density at radius 3 is 2.79 bits per heavy atom. The van der Waals surface area contributed by atoms with E-state index in [1.54, 1.807) is 7.11 Å². The molecule has 0 bridgehead atoms. The molecule has 126 valence electrons. The first-order valence-electron chi connectivity index (χ1n) is 7.24. The molecule has 0 spiro atoms. The minimum Gasteiger partial charge on any atom is -0.496 e.